The minimum Gasteiger partial charge on any atom is -0.390 e. The molecule has 2 amide bonds. The molecule has 0 aromatic rings. The van der Waals surface area contributed by atoms with Crippen LogP contribution in [-0.2, 0) is 36.4 Å². The van der Waals surface area contributed by atoms with Gasteiger partial charge in [0, 0.05) is 36.9 Å². The van der Waals surface area contributed by atoms with Crippen LogP contribution in [0, 0.1) is 0 Å². The summed E-state index contributed by atoms with van der Waals surface area (Å²) in [5, 5.41) is 12.7. The normalized spacial score (nSPS) is 27.5. The number of amides is 2. The third-order valence-corrected chi connectivity index (χ3v) is 8.06. The molecule has 3 unspecified atom stereocenters. The summed E-state index contributed by atoms with van der Waals surface area (Å²) in [6.45, 7) is 4.32. The molecule has 2 aliphatic heterocycles. The minimum absolute atomic E-state index is 0.0499. The molecule has 0 aromatic heterocycles. The van der Waals surface area contributed by atoms with Crippen LogP contribution in [-0.4, -0.2) is 72.9 Å². The lowest BCUT2D eigenvalue weighted by Crippen LogP contribution is -2.43. The number of nitrogens with one attached hydrogen (secondary N) is 1. The van der Waals surface area contributed by atoms with Gasteiger partial charge in [-0.2, -0.15) is 8.62 Å². The Labute approximate surface area is 187 Å². The van der Waals surface area contributed by atoms with Crippen molar-refractivity contribution in [3.63, 3.8) is 0 Å². The molecule has 0 spiro atoms. The van der Waals surface area contributed by atoms with Crippen LogP contribution in [0.25, 0.3) is 0 Å². The second kappa shape index (κ2) is 10.6. The van der Waals surface area contributed by atoms with Gasteiger partial charge in [0.15, 0.2) is 0 Å². The number of nitrogens with zero attached hydrogens (tertiary/aromatic N) is 1. The summed E-state index contributed by atoms with van der Waals surface area (Å²) < 4.78 is 51.1. The van der Waals surface area contributed by atoms with Crippen LogP contribution < -0.4 is 5.32 Å². The Balaban J connectivity index is 2.01. The highest BCUT2D eigenvalue weighted by Crippen LogP contribution is 2.66. The lowest BCUT2D eigenvalue weighted by Gasteiger charge is -2.29. The van der Waals surface area contributed by atoms with Gasteiger partial charge in [-0.15, -0.1) is 0 Å². The van der Waals surface area contributed by atoms with Crippen molar-refractivity contribution in [2.45, 2.75) is 38.1 Å². The Morgan fingerprint density at radius 1 is 1.24 bits per heavy atom. The first-order valence-corrected chi connectivity index (χ1v) is 13.6. The number of phosphoric ester groups is 1. The first-order valence-electron chi connectivity index (χ1n) is 9.08. The molecule has 188 valence electrons. The van der Waals surface area contributed by atoms with E-state index in [-0.39, 0.29) is 30.9 Å². The molecule has 2 heterocycles. The Bertz CT molecular complexity index is 976. The monoisotopic (exact) mass is 536 g/mol. The summed E-state index contributed by atoms with van der Waals surface area (Å²) in [4.78, 5) is 60.1. The third kappa shape index (κ3) is 8.80. The number of ketones is 1. The second-order valence-corrected chi connectivity index (χ2v) is 11.4. The minimum atomic E-state index is -5.68. The number of Topliss-reactive ketones (excluding diaryl/α,β-unsaturated/α-hetero) is 1. The van der Waals surface area contributed by atoms with Gasteiger partial charge in [0.05, 0.1) is 18.8 Å². The van der Waals surface area contributed by atoms with E-state index in [2.05, 4.69) is 25.0 Å². The van der Waals surface area contributed by atoms with Crippen LogP contribution in [0.15, 0.2) is 24.0 Å². The molecular weight excluding hydrogens is 513 g/mol. The molecule has 0 radical (unpaired) electrons. The predicted octanol–water partition coefficient (Wildman–Crippen LogP) is 0.250. The van der Waals surface area contributed by atoms with Gasteiger partial charge in [-0.05, 0) is 6.92 Å². The van der Waals surface area contributed by atoms with Gasteiger partial charge >= 0.3 is 29.5 Å². The maximum absolute atomic E-state index is 12.0. The van der Waals surface area contributed by atoms with E-state index in [4.69, 9.17) is 19.4 Å². The lowest BCUT2D eigenvalue weighted by molar-refractivity contribution is -0.117. The van der Waals surface area contributed by atoms with Crippen molar-refractivity contribution in [1.82, 2.24) is 10.2 Å². The van der Waals surface area contributed by atoms with Crippen molar-refractivity contribution < 1.29 is 65.8 Å². The van der Waals surface area contributed by atoms with Crippen molar-refractivity contribution in [3.05, 3.63) is 24.0 Å². The van der Waals surface area contributed by atoms with Crippen molar-refractivity contribution in [2.75, 3.05) is 13.2 Å². The fourth-order valence-corrected chi connectivity index (χ4v) is 5.88. The number of urea groups is 1. The molecule has 2 rings (SSSR count). The molecule has 5 atom stereocenters. The molecular formula is C14H23N2O14P3. The summed E-state index contributed by atoms with van der Waals surface area (Å²) in [5.41, 5.74) is 0.530. The van der Waals surface area contributed by atoms with Gasteiger partial charge in [0.25, 0.3) is 0 Å². The Kier molecular flexibility index (Phi) is 8.96. The van der Waals surface area contributed by atoms with Crippen LogP contribution >= 0.6 is 23.5 Å². The molecule has 1 fully saturated rings. The topological polar surface area (TPSA) is 239 Å². The Morgan fingerprint density at radius 2 is 1.88 bits per heavy atom. The number of hydrogen-bond donors (Lipinski definition) is 6. The van der Waals surface area contributed by atoms with E-state index in [0.717, 1.165) is 0 Å². The number of carbonyl (C=O) groups excluding carboxylic acids is 2. The molecule has 0 saturated carbocycles. The highest BCUT2D eigenvalue weighted by atomic mass is 31.3. The summed E-state index contributed by atoms with van der Waals surface area (Å²) in [6, 6.07) is -0.521. The first-order chi connectivity index (χ1) is 15.0. The van der Waals surface area contributed by atoms with Gasteiger partial charge in [-0.3, -0.25) is 14.2 Å². The number of rotatable bonds is 11. The first kappa shape index (κ1) is 28.0. The molecule has 0 bridgehead atoms. The van der Waals surface area contributed by atoms with Gasteiger partial charge < -0.3 is 34.7 Å². The van der Waals surface area contributed by atoms with E-state index < -0.39 is 54.4 Å². The lowest BCUT2D eigenvalue weighted by atomic mass is 10.0. The van der Waals surface area contributed by atoms with Crippen molar-refractivity contribution in [1.29, 1.82) is 0 Å². The van der Waals surface area contributed by atoms with E-state index in [1.54, 1.807) is 0 Å². The van der Waals surface area contributed by atoms with Crippen LogP contribution in [0.1, 0.15) is 19.8 Å². The molecule has 1 saturated heterocycles. The maximum Gasteiger partial charge on any atom is 0.490 e. The van der Waals surface area contributed by atoms with E-state index in [1.165, 1.54) is 18.0 Å². The Morgan fingerprint density at radius 3 is 2.45 bits per heavy atom. The zero-order valence-electron chi connectivity index (χ0n) is 17.0. The van der Waals surface area contributed by atoms with Crippen molar-refractivity contribution >= 4 is 35.3 Å². The molecule has 19 heteroatoms. The largest absolute Gasteiger partial charge is 0.490 e. The van der Waals surface area contributed by atoms with Crippen LogP contribution in [0.3, 0.4) is 0 Å². The fourth-order valence-electron chi connectivity index (χ4n) is 2.85. The van der Waals surface area contributed by atoms with Gasteiger partial charge in [0.2, 0.25) is 0 Å². The standard InChI is InChI=1S/C14H23N2O14P3/c1-8(17)3-4-16-6-10(9(2)15-14(16)19)12-5-11(18)13(28-12)7-27-32(23,24)30-33(25,26)29-31(20,21)22/h6,11-13,18H,2-5,7H2,1H3,(H,15,19)(H,23,24)(H,25,26)(H2,20,21,22)/t11?,12-,13-/m1/s1. The average molecular weight is 536 g/mol. The molecule has 0 aromatic carbocycles. The van der Waals surface area contributed by atoms with Gasteiger partial charge in [-0.25, -0.2) is 18.5 Å². The van der Waals surface area contributed by atoms with E-state index in [9.17, 15) is 33.3 Å². The number of ether oxygens (including phenoxy) is 1. The maximum atomic E-state index is 12.0. The zero-order chi connectivity index (χ0) is 25.2. The number of aliphatic hydroxyl groups is 1. The van der Waals surface area contributed by atoms with Gasteiger partial charge in [0.1, 0.15) is 11.9 Å². The van der Waals surface area contributed by atoms with E-state index in [1.807, 2.05) is 0 Å². The number of hydrogen-bond acceptors (Lipinski definition) is 10. The number of aliphatic hydroxyl groups excluding tert-OH is 1. The van der Waals surface area contributed by atoms with E-state index >= 15 is 0 Å². The number of phosphoric acid groups is 3. The van der Waals surface area contributed by atoms with E-state index in [0.29, 0.717) is 5.57 Å². The highest BCUT2D eigenvalue weighted by Gasteiger charge is 2.43. The summed E-state index contributed by atoms with van der Waals surface area (Å²) in [6.07, 6.45) is -1.89. The van der Waals surface area contributed by atoms with Crippen LogP contribution in [0.5, 0.6) is 0 Å². The highest BCUT2D eigenvalue weighted by molar-refractivity contribution is 7.66. The predicted molar refractivity (Wildman–Crippen MR) is 107 cm³/mol. The van der Waals surface area contributed by atoms with Crippen LogP contribution in [0.4, 0.5) is 4.79 Å². The SMILES string of the molecule is C=C1NC(=O)N(CCC(C)=O)C=C1[C@H]1CC(O)[C@@H](COP(=O)(O)OP(=O)(O)OP(=O)(O)O)O1. The second-order valence-electron chi connectivity index (χ2n) is 6.99. The zero-order valence-corrected chi connectivity index (χ0v) is 19.7. The Hall–Kier alpha value is -1.25. The number of carbonyl (C=O) groups is 2. The van der Waals surface area contributed by atoms with Crippen molar-refractivity contribution in [3.8, 4) is 0 Å². The van der Waals surface area contributed by atoms with Crippen molar-refractivity contribution in [2.24, 2.45) is 0 Å². The smallest absolute Gasteiger partial charge is 0.390 e. The fraction of sp³-hybridized carbons (Fsp3) is 0.571. The van der Waals surface area contributed by atoms with Gasteiger partial charge in [-0.1, -0.05) is 6.58 Å². The van der Waals surface area contributed by atoms with Crippen LogP contribution in [0.2, 0.25) is 0 Å². The molecule has 33 heavy (non-hydrogen) atoms. The quantitative estimate of drug-likeness (QED) is 0.194. The molecule has 6 N–H and O–H groups in total. The summed E-state index contributed by atoms with van der Waals surface area (Å²) in [7, 11) is -16.6. The third-order valence-electron chi connectivity index (χ3n) is 4.26. The summed E-state index contributed by atoms with van der Waals surface area (Å²) in [5.74, 6) is -0.138. The molecule has 0 aliphatic carbocycles. The molecule has 2 aliphatic rings. The average Bonchev–Trinajstić information content (AvgIpc) is 2.96. The molecule has 16 nitrogen and oxygen atoms in total. The summed E-state index contributed by atoms with van der Waals surface area (Å²) >= 11 is 0.